The van der Waals surface area contributed by atoms with Crippen LogP contribution in [0.2, 0.25) is 0 Å². The molecule has 1 spiro atoms. The molecule has 1 N–H and O–H groups in total. The zero-order valence-corrected chi connectivity index (χ0v) is 13.7. The Hall–Kier alpha value is -2.06. The van der Waals surface area contributed by atoms with E-state index in [0.717, 1.165) is 16.9 Å². The predicted octanol–water partition coefficient (Wildman–Crippen LogP) is 2.44. The number of anilines is 1. The van der Waals surface area contributed by atoms with E-state index in [-0.39, 0.29) is 0 Å². The van der Waals surface area contributed by atoms with Gasteiger partial charge in [-0.1, -0.05) is 0 Å². The second-order valence-corrected chi connectivity index (χ2v) is 7.10. The number of thiophene rings is 1. The van der Waals surface area contributed by atoms with E-state index in [1.165, 1.54) is 23.9 Å². The second-order valence-electron chi connectivity index (χ2n) is 6.04. The van der Waals surface area contributed by atoms with Crippen molar-refractivity contribution in [3.8, 4) is 0 Å². The third-order valence-electron chi connectivity index (χ3n) is 4.70. The van der Waals surface area contributed by atoms with E-state index >= 15 is 0 Å². The molecule has 4 rings (SSSR count). The lowest BCUT2D eigenvalue weighted by molar-refractivity contribution is -0.0736. The number of halogens is 1. The van der Waals surface area contributed by atoms with E-state index in [0.29, 0.717) is 43.2 Å². The van der Waals surface area contributed by atoms with Crippen molar-refractivity contribution in [2.45, 2.75) is 24.9 Å². The Morgan fingerprint density at radius 1 is 1.42 bits per heavy atom. The standard InChI is InChI=1S/C16H16FN3O3S/c17-11-8-18-9-19-14(11)20-4-2-16(3-5-20)13-10(1-6-23-16)7-12(24-13)15(21)22/h7-9H,1-6H2,(H,21,22). The Kier molecular flexibility index (Phi) is 3.73. The van der Waals surface area contributed by atoms with Crippen LogP contribution in [0, 0.1) is 5.82 Å². The molecule has 0 saturated carbocycles. The van der Waals surface area contributed by atoms with Gasteiger partial charge < -0.3 is 14.7 Å². The Bertz CT molecular complexity index is 787. The van der Waals surface area contributed by atoms with E-state index in [1.54, 1.807) is 6.07 Å². The summed E-state index contributed by atoms with van der Waals surface area (Å²) < 4.78 is 20.0. The normalized spacial score (nSPS) is 19.3. The van der Waals surface area contributed by atoms with Crippen molar-refractivity contribution < 1.29 is 19.0 Å². The molecule has 2 aromatic heterocycles. The molecule has 1 fully saturated rings. The molecule has 2 aliphatic rings. The van der Waals surface area contributed by atoms with Gasteiger partial charge in [0.15, 0.2) is 11.6 Å². The summed E-state index contributed by atoms with van der Waals surface area (Å²) in [4.78, 5) is 22.3. The first-order valence-corrected chi connectivity index (χ1v) is 8.62. The fraction of sp³-hybridized carbons (Fsp3) is 0.438. The molecule has 0 aliphatic carbocycles. The monoisotopic (exact) mass is 349 g/mol. The van der Waals surface area contributed by atoms with Crippen molar-refractivity contribution in [3.63, 3.8) is 0 Å². The Morgan fingerprint density at radius 3 is 2.92 bits per heavy atom. The fourth-order valence-electron chi connectivity index (χ4n) is 3.52. The van der Waals surface area contributed by atoms with E-state index in [4.69, 9.17) is 4.74 Å². The summed E-state index contributed by atoms with van der Waals surface area (Å²) in [6.07, 6.45) is 4.62. The maximum atomic E-state index is 13.9. The smallest absolute Gasteiger partial charge is 0.345 e. The molecule has 0 atom stereocenters. The zero-order valence-electron chi connectivity index (χ0n) is 12.9. The number of aromatic carboxylic acids is 1. The van der Waals surface area contributed by atoms with E-state index in [9.17, 15) is 14.3 Å². The Labute approximate surface area is 141 Å². The summed E-state index contributed by atoms with van der Waals surface area (Å²) in [5, 5.41) is 9.25. The summed E-state index contributed by atoms with van der Waals surface area (Å²) in [7, 11) is 0. The summed E-state index contributed by atoms with van der Waals surface area (Å²) in [5.74, 6) is -1.01. The van der Waals surface area contributed by atoms with Gasteiger partial charge in [-0.05, 0) is 30.9 Å². The maximum Gasteiger partial charge on any atom is 0.345 e. The Balaban J connectivity index is 1.60. The van der Waals surface area contributed by atoms with Crippen molar-refractivity contribution in [2.24, 2.45) is 0 Å². The Morgan fingerprint density at radius 2 is 2.21 bits per heavy atom. The van der Waals surface area contributed by atoms with Gasteiger partial charge in [0.2, 0.25) is 0 Å². The van der Waals surface area contributed by atoms with Crippen molar-refractivity contribution in [3.05, 3.63) is 39.7 Å². The predicted molar refractivity (Wildman–Crippen MR) is 86.0 cm³/mol. The van der Waals surface area contributed by atoms with E-state index in [2.05, 4.69) is 9.97 Å². The number of rotatable bonds is 2. The number of piperidine rings is 1. The van der Waals surface area contributed by atoms with Crippen molar-refractivity contribution >= 4 is 23.1 Å². The van der Waals surface area contributed by atoms with Gasteiger partial charge in [0.25, 0.3) is 0 Å². The zero-order chi connectivity index (χ0) is 16.7. The lowest BCUT2D eigenvalue weighted by Gasteiger charge is -2.44. The molecule has 2 aliphatic heterocycles. The average Bonchev–Trinajstić information content (AvgIpc) is 3.03. The van der Waals surface area contributed by atoms with Gasteiger partial charge in [-0.2, -0.15) is 0 Å². The highest BCUT2D eigenvalue weighted by Crippen LogP contribution is 2.45. The van der Waals surface area contributed by atoms with Crippen LogP contribution in [0.4, 0.5) is 10.2 Å². The van der Waals surface area contributed by atoms with Crippen LogP contribution in [0.5, 0.6) is 0 Å². The molecule has 0 unspecified atom stereocenters. The molecule has 1 saturated heterocycles. The van der Waals surface area contributed by atoms with Crippen LogP contribution in [-0.2, 0) is 16.8 Å². The number of carboxylic acids is 1. The van der Waals surface area contributed by atoms with Crippen LogP contribution >= 0.6 is 11.3 Å². The van der Waals surface area contributed by atoms with Crippen molar-refractivity contribution in [2.75, 3.05) is 24.6 Å². The largest absolute Gasteiger partial charge is 0.477 e. The molecule has 0 aromatic carbocycles. The number of carbonyl (C=O) groups is 1. The van der Waals surface area contributed by atoms with Crippen molar-refractivity contribution in [1.29, 1.82) is 0 Å². The molecular weight excluding hydrogens is 333 g/mol. The number of hydrogen-bond donors (Lipinski definition) is 1. The fourth-order valence-corrected chi connectivity index (χ4v) is 4.77. The van der Waals surface area contributed by atoms with Gasteiger partial charge >= 0.3 is 5.97 Å². The second kappa shape index (κ2) is 5.78. The van der Waals surface area contributed by atoms with Gasteiger partial charge in [-0.15, -0.1) is 11.3 Å². The minimum Gasteiger partial charge on any atom is -0.477 e. The molecule has 4 heterocycles. The molecule has 0 bridgehead atoms. The summed E-state index contributed by atoms with van der Waals surface area (Å²) in [6, 6.07) is 1.77. The first-order valence-electron chi connectivity index (χ1n) is 7.80. The number of carboxylic acid groups (broad SMARTS) is 1. The SMILES string of the molecule is O=C(O)c1cc2c(s1)C1(CCN(c3ncncc3F)CC1)OCC2. The molecule has 126 valence electrons. The van der Waals surface area contributed by atoms with Crippen LogP contribution in [0.1, 0.15) is 33.0 Å². The molecule has 0 radical (unpaired) electrons. The summed E-state index contributed by atoms with van der Waals surface area (Å²) >= 11 is 1.31. The lowest BCUT2D eigenvalue weighted by atomic mass is 9.85. The van der Waals surface area contributed by atoms with Crippen LogP contribution < -0.4 is 4.90 Å². The van der Waals surface area contributed by atoms with Gasteiger partial charge in [0, 0.05) is 18.0 Å². The molecule has 0 amide bonds. The first-order chi connectivity index (χ1) is 11.6. The molecular formula is C16H16FN3O3S. The number of fused-ring (bicyclic) bond motifs is 2. The van der Waals surface area contributed by atoms with Crippen LogP contribution in [-0.4, -0.2) is 40.7 Å². The lowest BCUT2D eigenvalue weighted by Crippen LogP contribution is -2.46. The van der Waals surface area contributed by atoms with Crippen LogP contribution in [0.25, 0.3) is 0 Å². The molecule has 2 aromatic rings. The third-order valence-corrected chi connectivity index (χ3v) is 6.05. The van der Waals surface area contributed by atoms with Crippen LogP contribution in [0.3, 0.4) is 0 Å². The van der Waals surface area contributed by atoms with Crippen molar-refractivity contribution in [1.82, 2.24) is 9.97 Å². The minimum absolute atomic E-state index is 0.313. The van der Waals surface area contributed by atoms with Gasteiger partial charge in [0.05, 0.1) is 12.8 Å². The summed E-state index contributed by atoms with van der Waals surface area (Å²) in [6.45, 7) is 1.80. The highest BCUT2D eigenvalue weighted by atomic mass is 32.1. The maximum absolute atomic E-state index is 13.9. The number of aromatic nitrogens is 2. The topological polar surface area (TPSA) is 75.5 Å². The van der Waals surface area contributed by atoms with E-state index in [1.807, 2.05) is 4.90 Å². The number of ether oxygens (including phenoxy) is 1. The highest BCUT2D eigenvalue weighted by Gasteiger charge is 2.43. The van der Waals surface area contributed by atoms with Gasteiger partial charge in [-0.3, -0.25) is 0 Å². The average molecular weight is 349 g/mol. The number of nitrogens with zero attached hydrogens (tertiary/aromatic N) is 3. The quantitative estimate of drug-likeness (QED) is 0.898. The molecule has 8 heteroatoms. The number of hydrogen-bond acceptors (Lipinski definition) is 6. The van der Waals surface area contributed by atoms with Crippen LogP contribution in [0.15, 0.2) is 18.6 Å². The minimum atomic E-state index is -0.898. The van der Waals surface area contributed by atoms with E-state index < -0.39 is 17.4 Å². The highest BCUT2D eigenvalue weighted by molar-refractivity contribution is 7.14. The molecule has 6 nitrogen and oxygen atoms in total. The summed E-state index contributed by atoms with van der Waals surface area (Å²) in [5.41, 5.74) is 0.622. The van der Waals surface area contributed by atoms with Gasteiger partial charge in [-0.25, -0.2) is 19.2 Å². The molecule has 24 heavy (non-hydrogen) atoms. The third kappa shape index (κ3) is 2.46. The first kappa shape index (κ1) is 15.5. The van der Waals surface area contributed by atoms with Gasteiger partial charge in [0.1, 0.15) is 16.8 Å².